The van der Waals surface area contributed by atoms with E-state index in [1.807, 2.05) is 20.8 Å². The molecule has 1 aromatic heterocycles. The Hall–Kier alpha value is -1.79. The van der Waals surface area contributed by atoms with Crippen LogP contribution in [-0.4, -0.2) is 26.2 Å². The van der Waals surface area contributed by atoms with E-state index in [9.17, 15) is 9.59 Å². The fourth-order valence-electron chi connectivity index (χ4n) is 2.24. The van der Waals surface area contributed by atoms with Gasteiger partial charge in [0.05, 0.1) is 16.2 Å². The molecule has 25 heavy (non-hydrogen) atoms. The van der Waals surface area contributed by atoms with Crippen LogP contribution in [0.15, 0.2) is 40.8 Å². The lowest BCUT2D eigenvalue weighted by Crippen LogP contribution is -2.44. The molecule has 0 aliphatic heterocycles. The van der Waals surface area contributed by atoms with Gasteiger partial charge < -0.3 is 5.32 Å². The number of benzene rings is 1. The molecule has 0 saturated carbocycles. The number of carbonyl (C=O) groups excluding carboxylic acids is 1. The molecule has 1 heterocycles. The van der Waals surface area contributed by atoms with Crippen molar-refractivity contribution in [3.8, 4) is 0 Å². The molecule has 1 N–H and O–H groups in total. The van der Waals surface area contributed by atoms with E-state index in [1.165, 1.54) is 16.3 Å². The maximum absolute atomic E-state index is 12.8. The zero-order chi connectivity index (χ0) is 18.8. The monoisotopic (exact) mass is 379 g/mol. The molecule has 0 spiro atoms. The van der Waals surface area contributed by atoms with Gasteiger partial charge in [0, 0.05) is 17.1 Å². The van der Waals surface area contributed by atoms with E-state index in [1.54, 1.807) is 31.2 Å². The molecular formula is C18H22ClN3O2S. The standard InChI is InChI=1S/C18H22ClN3O2S/c1-6-9-22-16(24)13-10-12(19)7-8-14(13)20-17(22)25-11(2)15(23)21-18(3,4)5/h6-8,10-11H,1,9H2,2-5H3,(H,21,23)/t11-/m1/s1. The Bertz CT molecular complexity index is 871. The molecule has 0 aliphatic rings. The summed E-state index contributed by atoms with van der Waals surface area (Å²) < 4.78 is 1.51. The SMILES string of the molecule is C=CCn1c(S[C@H](C)C(=O)NC(C)(C)C)nc2ccc(Cl)cc2c1=O. The van der Waals surface area contributed by atoms with Gasteiger partial charge in [0.25, 0.3) is 5.56 Å². The predicted molar refractivity (Wildman–Crippen MR) is 104 cm³/mol. The van der Waals surface area contributed by atoms with Crippen molar-refractivity contribution in [1.82, 2.24) is 14.9 Å². The molecule has 0 saturated heterocycles. The Kier molecular flexibility index (Phi) is 5.95. The number of carbonyl (C=O) groups is 1. The Morgan fingerprint density at radius 3 is 2.76 bits per heavy atom. The highest BCUT2D eigenvalue weighted by molar-refractivity contribution is 8.00. The van der Waals surface area contributed by atoms with Gasteiger partial charge in [-0.05, 0) is 45.9 Å². The lowest BCUT2D eigenvalue weighted by atomic mass is 10.1. The Labute approximate surface area is 156 Å². The average molecular weight is 380 g/mol. The second kappa shape index (κ2) is 7.62. The number of nitrogens with one attached hydrogen (secondary N) is 1. The second-order valence-electron chi connectivity index (χ2n) is 6.76. The van der Waals surface area contributed by atoms with Gasteiger partial charge in [-0.3, -0.25) is 14.2 Å². The normalized spacial score (nSPS) is 12.8. The van der Waals surface area contributed by atoms with Crippen LogP contribution in [0.1, 0.15) is 27.7 Å². The van der Waals surface area contributed by atoms with E-state index >= 15 is 0 Å². The molecule has 0 aliphatic carbocycles. The van der Waals surface area contributed by atoms with Gasteiger partial charge in [0.1, 0.15) is 0 Å². The van der Waals surface area contributed by atoms with Crippen molar-refractivity contribution in [3.63, 3.8) is 0 Å². The van der Waals surface area contributed by atoms with Crippen LogP contribution in [0.4, 0.5) is 0 Å². The molecule has 1 aromatic carbocycles. The number of allylic oxidation sites excluding steroid dienone is 1. The van der Waals surface area contributed by atoms with Crippen LogP contribution in [0, 0.1) is 0 Å². The lowest BCUT2D eigenvalue weighted by molar-refractivity contribution is -0.121. The Balaban J connectivity index is 2.44. The number of hydrogen-bond donors (Lipinski definition) is 1. The first kappa shape index (κ1) is 19.5. The fraction of sp³-hybridized carbons (Fsp3) is 0.389. The van der Waals surface area contributed by atoms with Gasteiger partial charge in [-0.25, -0.2) is 4.98 Å². The number of thioether (sulfide) groups is 1. The van der Waals surface area contributed by atoms with E-state index in [2.05, 4.69) is 16.9 Å². The number of rotatable bonds is 5. The topological polar surface area (TPSA) is 64.0 Å². The first-order chi connectivity index (χ1) is 11.6. The van der Waals surface area contributed by atoms with Gasteiger partial charge in [-0.15, -0.1) is 6.58 Å². The summed E-state index contributed by atoms with van der Waals surface area (Å²) in [6.45, 7) is 11.6. The summed E-state index contributed by atoms with van der Waals surface area (Å²) in [6.07, 6.45) is 1.63. The third kappa shape index (κ3) is 4.86. The first-order valence-corrected chi connectivity index (χ1v) is 9.18. The molecule has 134 valence electrons. The van der Waals surface area contributed by atoms with Crippen molar-refractivity contribution < 1.29 is 4.79 Å². The quantitative estimate of drug-likeness (QED) is 0.489. The number of fused-ring (bicyclic) bond motifs is 1. The Morgan fingerprint density at radius 1 is 1.48 bits per heavy atom. The summed E-state index contributed by atoms with van der Waals surface area (Å²) in [4.78, 5) is 29.7. The minimum atomic E-state index is -0.396. The zero-order valence-electron chi connectivity index (χ0n) is 14.8. The van der Waals surface area contributed by atoms with Crippen LogP contribution < -0.4 is 10.9 Å². The van der Waals surface area contributed by atoms with Crippen LogP contribution in [0.3, 0.4) is 0 Å². The lowest BCUT2D eigenvalue weighted by Gasteiger charge is -2.23. The smallest absolute Gasteiger partial charge is 0.262 e. The average Bonchev–Trinajstić information content (AvgIpc) is 2.50. The van der Waals surface area contributed by atoms with Crippen LogP contribution in [0.5, 0.6) is 0 Å². The molecule has 0 fully saturated rings. The van der Waals surface area contributed by atoms with Crippen molar-refractivity contribution in [1.29, 1.82) is 0 Å². The van der Waals surface area contributed by atoms with Crippen LogP contribution in [-0.2, 0) is 11.3 Å². The number of halogens is 1. The number of amides is 1. The van der Waals surface area contributed by atoms with Crippen LogP contribution >= 0.6 is 23.4 Å². The second-order valence-corrected chi connectivity index (χ2v) is 8.50. The highest BCUT2D eigenvalue weighted by Gasteiger charge is 2.22. The summed E-state index contributed by atoms with van der Waals surface area (Å²) in [5.74, 6) is -0.104. The van der Waals surface area contributed by atoms with E-state index in [-0.39, 0.29) is 17.0 Å². The zero-order valence-corrected chi connectivity index (χ0v) is 16.4. The largest absolute Gasteiger partial charge is 0.351 e. The van der Waals surface area contributed by atoms with E-state index < -0.39 is 5.25 Å². The molecule has 2 aromatic rings. The summed E-state index contributed by atoms with van der Waals surface area (Å²) in [6, 6.07) is 5.01. The van der Waals surface area contributed by atoms with E-state index in [0.29, 0.717) is 27.6 Å². The maximum atomic E-state index is 12.8. The van der Waals surface area contributed by atoms with Gasteiger partial charge in [-0.2, -0.15) is 0 Å². The van der Waals surface area contributed by atoms with Crippen molar-refractivity contribution in [3.05, 3.63) is 46.2 Å². The van der Waals surface area contributed by atoms with Crippen molar-refractivity contribution in [2.75, 3.05) is 0 Å². The van der Waals surface area contributed by atoms with Crippen molar-refractivity contribution in [2.45, 2.75) is 50.2 Å². The van der Waals surface area contributed by atoms with Crippen molar-refractivity contribution >= 4 is 40.2 Å². The third-order valence-electron chi connectivity index (χ3n) is 3.34. The first-order valence-electron chi connectivity index (χ1n) is 7.92. The van der Waals surface area contributed by atoms with Gasteiger partial charge in [0.2, 0.25) is 5.91 Å². The molecule has 7 heteroatoms. The predicted octanol–water partition coefficient (Wildman–Crippen LogP) is 3.63. The Morgan fingerprint density at radius 2 is 2.16 bits per heavy atom. The van der Waals surface area contributed by atoms with Crippen molar-refractivity contribution in [2.24, 2.45) is 0 Å². The van der Waals surface area contributed by atoms with E-state index in [0.717, 1.165) is 0 Å². The highest BCUT2D eigenvalue weighted by Crippen LogP contribution is 2.24. The number of nitrogens with zero attached hydrogens (tertiary/aromatic N) is 2. The number of hydrogen-bond acceptors (Lipinski definition) is 4. The van der Waals surface area contributed by atoms with Gasteiger partial charge in [-0.1, -0.05) is 29.4 Å². The van der Waals surface area contributed by atoms with Gasteiger partial charge >= 0.3 is 0 Å². The molecule has 0 radical (unpaired) electrons. The fourth-order valence-corrected chi connectivity index (χ4v) is 3.33. The molecule has 1 atom stereocenters. The van der Waals surface area contributed by atoms with E-state index in [4.69, 9.17) is 11.6 Å². The minimum absolute atomic E-state index is 0.104. The minimum Gasteiger partial charge on any atom is -0.351 e. The summed E-state index contributed by atoms with van der Waals surface area (Å²) in [5, 5.41) is 3.95. The summed E-state index contributed by atoms with van der Waals surface area (Å²) in [7, 11) is 0. The van der Waals surface area contributed by atoms with Crippen LogP contribution in [0.25, 0.3) is 10.9 Å². The molecule has 0 unspecified atom stereocenters. The highest BCUT2D eigenvalue weighted by atomic mass is 35.5. The molecule has 2 rings (SSSR count). The molecule has 1 amide bonds. The molecular weight excluding hydrogens is 358 g/mol. The summed E-state index contributed by atoms with van der Waals surface area (Å²) in [5.41, 5.74) is 0.0410. The summed E-state index contributed by atoms with van der Waals surface area (Å²) >= 11 is 7.24. The maximum Gasteiger partial charge on any atom is 0.262 e. The molecule has 5 nitrogen and oxygen atoms in total. The van der Waals surface area contributed by atoms with Crippen LogP contribution in [0.2, 0.25) is 5.02 Å². The number of aromatic nitrogens is 2. The van der Waals surface area contributed by atoms with Gasteiger partial charge in [0.15, 0.2) is 5.16 Å². The molecule has 0 bridgehead atoms. The third-order valence-corrected chi connectivity index (χ3v) is 4.67.